The topological polar surface area (TPSA) is 0 Å². The van der Waals surface area contributed by atoms with Crippen LogP contribution in [0.2, 0.25) is 0 Å². The summed E-state index contributed by atoms with van der Waals surface area (Å²) in [5.74, 6) is 0. The van der Waals surface area contributed by atoms with Crippen LogP contribution >= 0.6 is 22.7 Å². The van der Waals surface area contributed by atoms with Crippen molar-refractivity contribution in [3.05, 3.63) is 206 Å². The van der Waals surface area contributed by atoms with Crippen molar-refractivity contribution in [1.29, 1.82) is 0 Å². The molecule has 2 aromatic heterocycles. The van der Waals surface area contributed by atoms with Crippen molar-refractivity contribution >= 4 is 128 Å². The van der Waals surface area contributed by atoms with E-state index in [2.05, 4.69) is 206 Å². The summed E-state index contributed by atoms with van der Waals surface area (Å²) >= 11 is 3.77. The Hall–Kier alpha value is -7.62. The van der Waals surface area contributed by atoms with Gasteiger partial charge in [-0.25, -0.2) is 0 Å². The average Bonchev–Trinajstić information content (AvgIpc) is 3.91. The van der Waals surface area contributed by atoms with Crippen LogP contribution in [0.15, 0.2) is 206 Å². The molecule has 2 heteroatoms. The van der Waals surface area contributed by atoms with Crippen molar-refractivity contribution in [3.8, 4) is 44.5 Å². The molecule has 15 aromatic rings. The van der Waals surface area contributed by atoms with Gasteiger partial charge >= 0.3 is 0 Å². The molecule has 0 N–H and O–H groups in total. The molecule has 0 fully saturated rings. The van der Waals surface area contributed by atoms with Gasteiger partial charge < -0.3 is 0 Å². The fourth-order valence-electron chi connectivity index (χ4n) is 11.1. The predicted molar refractivity (Wildman–Crippen MR) is 281 cm³/mol. The number of benzene rings is 13. The summed E-state index contributed by atoms with van der Waals surface area (Å²) in [7, 11) is 0. The highest BCUT2D eigenvalue weighted by Crippen LogP contribution is 2.45. The summed E-state index contributed by atoms with van der Waals surface area (Å²) in [5, 5.41) is 21.2. The van der Waals surface area contributed by atoms with Crippen LogP contribution in [0.3, 0.4) is 0 Å². The standard InChI is InChI=1S/C62H34S2/c1-3-37-11-13-41-15-23-47(49-25-17-39(5-1)59(37)61(41)49)45-21-29-57-53(33-45)51-31-43(19-27-55(51)63-57)35-7-9-36(10-8-35)44-20-28-56-52(32-44)54-34-46(22-30-58(54)64-56)48-24-16-42-14-12-38-4-2-6-40-18-26-50(48)62(42)60(38)40/h1-34H. The maximum atomic E-state index is 2.42. The Kier molecular flexibility index (Phi) is 7.07. The van der Waals surface area contributed by atoms with Crippen molar-refractivity contribution in [3.63, 3.8) is 0 Å². The van der Waals surface area contributed by atoms with E-state index in [0.717, 1.165) is 0 Å². The molecule has 0 saturated heterocycles. The Morgan fingerprint density at radius 3 is 0.891 bits per heavy atom. The minimum atomic E-state index is 1.23. The maximum absolute atomic E-state index is 2.42. The minimum absolute atomic E-state index is 1.23. The van der Waals surface area contributed by atoms with E-state index < -0.39 is 0 Å². The molecule has 64 heavy (non-hydrogen) atoms. The maximum Gasteiger partial charge on any atom is 0.0355 e. The summed E-state index contributed by atoms with van der Waals surface area (Å²) in [6, 6.07) is 78.1. The zero-order valence-corrected chi connectivity index (χ0v) is 36.1. The normalized spacial score (nSPS) is 12.4. The molecule has 0 saturated carbocycles. The summed E-state index contributed by atoms with van der Waals surface area (Å²) in [6.45, 7) is 0. The highest BCUT2D eigenvalue weighted by molar-refractivity contribution is 7.26. The van der Waals surface area contributed by atoms with E-state index in [4.69, 9.17) is 0 Å². The van der Waals surface area contributed by atoms with E-state index in [9.17, 15) is 0 Å². The molecule has 294 valence electrons. The molecule has 15 rings (SSSR count). The molecule has 0 nitrogen and oxygen atoms in total. The monoisotopic (exact) mass is 842 g/mol. The number of hydrogen-bond acceptors (Lipinski definition) is 2. The van der Waals surface area contributed by atoms with E-state index in [1.54, 1.807) is 0 Å². The van der Waals surface area contributed by atoms with Crippen LogP contribution in [0.4, 0.5) is 0 Å². The Balaban J connectivity index is 0.786. The predicted octanol–water partition coefficient (Wildman–Crippen LogP) is 18.9. The fourth-order valence-corrected chi connectivity index (χ4v) is 13.2. The second-order valence-electron chi connectivity index (χ2n) is 17.6. The molecular weight excluding hydrogens is 809 g/mol. The van der Waals surface area contributed by atoms with Gasteiger partial charge in [0, 0.05) is 40.3 Å². The van der Waals surface area contributed by atoms with Gasteiger partial charge in [-0.1, -0.05) is 158 Å². The summed E-state index contributed by atoms with van der Waals surface area (Å²) in [4.78, 5) is 0. The lowest BCUT2D eigenvalue weighted by Gasteiger charge is -2.14. The summed E-state index contributed by atoms with van der Waals surface area (Å²) in [5.41, 5.74) is 10.0. The van der Waals surface area contributed by atoms with Crippen LogP contribution in [0.5, 0.6) is 0 Å². The molecular formula is C62H34S2. The smallest absolute Gasteiger partial charge is 0.0355 e. The molecule has 0 aliphatic heterocycles. The van der Waals surface area contributed by atoms with Gasteiger partial charge in [0.25, 0.3) is 0 Å². The van der Waals surface area contributed by atoms with Gasteiger partial charge in [-0.2, -0.15) is 0 Å². The van der Waals surface area contributed by atoms with Gasteiger partial charge in [0.1, 0.15) is 0 Å². The van der Waals surface area contributed by atoms with Gasteiger partial charge in [0.05, 0.1) is 0 Å². The van der Waals surface area contributed by atoms with Crippen LogP contribution in [0, 0.1) is 0 Å². The number of hydrogen-bond donors (Lipinski definition) is 0. The molecule has 0 bridgehead atoms. The second-order valence-corrected chi connectivity index (χ2v) is 19.7. The first-order valence-electron chi connectivity index (χ1n) is 22.0. The van der Waals surface area contributed by atoms with Crippen molar-refractivity contribution in [1.82, 2.24) is 0 Å². The lowest BCUT2D eigenvalue weighted by molar-refractivity contribution is 1.63. The van der Waals surface area contributed by atoms with Crippen LogP contribution in [-0.4, -0.2) is 0 Å². The Morgan fingerprint density at radius 1 is 0.203 bits per heavy atom. The highest BCUT2D eigenvalue weighted by atomic mass is 32.1. The first-order chi connectivity index (χ1) is 31.7. The Bertz CT molecular complexity index is 4090. The van der Waals surface area contributed by atoms with Crippen molar-refractivity contribution in [2.75, 3.05) is 0 Å². The Labute approximate surface area is 376 Å². The SMILES string of the molecule is c1cc2ccc3ccc(-c4ccc5sc6ccc(-c7ccc(-c8ccc9sc%10ccc(-c%11ccc%12ccc%13cccc%14ccc%11c%12c%13%14)cc%10c9c8)cc7)cc6c5c4)c4ccc(c1)c2c34. The molecule has 2 heterocycles. The van der Waals surface area contributed by atoms with Gasteiger partial charge in [0.15, 0.2) is 0 Å². The van der Waals surface area contributed by atoms with E-state index in [1.807, 2.05) is 22.7 Å². The molecule has 0 unspecified atom stereocenters. The van der Waals surface area contributed by atoms with Crippen LogP contribution in [0.25, 0.3) is 149 Å². The first kappa shape index (κ1) is 34.9. The van der Waals surface area contributed by atoms with Gasteiger partial charge in [-0.3, -0.25) is 0 Å². The van der Waals surface area contributed by atoms with Gasteiger partial charge in [-0.15, -0.1) is 22.7 Å². The summed E-state index contributed by atoms with van der Waals surface area (Å²) < 4.78 is 5.29. The number of rotatable bonds is 4. The van der Waals surface area contributed by atoms with Gasteiger partial charge in [0.2, 0.25) is 0 Å². The van der Waals surface area contributed by atoms with Crippen LogP contribution in [0.1, 0.15) is 0 Å². The van der Waals surface area contributed by atoms with E-state index in [0.29, 0.717) is 0 Å². The highest BCUT2D eigenvalue weighted by Gasteiger charge is 2.17. The van der Waals surface area contributed by atoms with E-state index in [1.165, 1.54) is 149 Å². The Morgan fingerprint density at radius 2 is 0.500 bits per heavy atom. The van der Waals surface area contributed by atoms with E-state index in [-0.39, 0.29) is 0 Å². The van der Waals surface area contributed by atoms with Crippen molar-refractivity contribution in [2.24, 2.45) is 0 Å². The molecule has 0 spiro atoms. The van der Waals surface area contributed by atoms with Crippen molar-refractivity contribution < 1.29 is 0 Å². The minimum Gasteiger partial charge on any atom is -0.135 e. The molecule has 0 radical (unpaired) electrons. The second kappa shape index (κ2) is 13.0. The fraction of sp³-hybridized carbons (Fsp3) is 0. The third kappa shape index (κ3) is 4.98. The van der Waals surface area contributed by atoms with E-state index >= 15 is 0 Å². The quantitative estimate of drug-likeness (QED) is 0.155. The third-order valence-electron chi connectivity index (χ3n) is 14.2. The molecule has 13 aromatic carbocycles. The zero-order chi connectivity index (χ0) is 41.6. The largest absolute Gasteiger partial charge is 0.135 e. The average molecular weight is 843 g/mol. The molecule has 0 aliphatic rings. The zero-order valence-electron chi connectivity index (χ0n) is 34.4. The van der Waals surface area contributed by atoms with Gasteiger partial charge in [-0.05, 0) is 158 Å². The lowest BCUT2D eigenvalue weighted by Crippen LogP contribution is -1.87. The molecule has 0 atom stereocenters. The third-order valence-corrected chi connectivity index (χ3v) is 16.5. The van der Waals surface area contributed by atoms with Crippen molar-refractivity contribution in [2.45, 2.75) is 0 Å². The van der Waals surface area contributed by atoms with Crippen LogP contribution in [-0.2, 0) is 0 Å². The number of thiophene rings is 2. The number of fused-ring (bicyclic) bond motifs is 6. The molecule has 0 amide bonds. The first-order valence-corrected chi connectivity index (χ1v) is 23.7. The molecule has 0 aliphatic carbocycles. The summed E-state index contributed by atoms with van der Waals surface area (Å²) in [6.07, 6.45) is 0. The van der Waals surface area contributed by atoms with Crippen LogP contribution < -0.4 is 0 Å². The lowest BCUT2D eigenvalue weighted by atomic mass is 9.89.